The third-order valence-electron chi connectivity index (χ3n) is 6.24. The lowest BCUT2D eigenvalue weighted by Gasteiger charge is -2.35. The summed E-state index contributed by atoms with van der Waals surface area (Å²) in [5, 5.41) is 3.71. The van der Waals surface area contributed by atoms with Crippen LogP contribution in [0.1, 0.15) is 24.1 Å². The fourth-order valence-corrected chi connectivity index (χ4v) is 4.19. The highest BCUT2D eigenvalue weighted by molar-refractivity contribution is 6.03. The second-order valence-electron chi connectivity index (χ2n) is 8.73. The quantitative estimate of drug-likeness (QED) is 0.551. The van der Waals surface area contributed by atoms with Crippen LogP contribution in [0.2, 0.25) is 0 Å². The van der Waals surface area contributed by atoms with Crippen LogP contribution in [-0.4, -0.2) is 61.1 Å². The predicted octanol–water partition coefficient (Wildman–Crippen LogP) is 4.27. The van der Waals surface area contributed by atoms with Crippen molar-refractivity contribution in [3.8, 4) is 5.75 Å². The van der Waals surface area contributed by atoms with Gasteiger partial charge in [-0.25, -0.2) is 14.4 Å². The van der Waals surface area contributed by atoms with Gasteiger partial charge in [-0.05, 0) is 70.3 Å². The Morgan fingerprint density at radius 1 is 1.18 bits per heavy atom. The number of aryl methyl sites for hydroxylation is 1. The lowest BCUT2D eigenvalue weighted by molar-refractivity contribution is -0.111. The summed E-state index contributed by atoms with van der Waals surface area (Å²) in [4.78, 5) is 26.4. The van der Waals surface area contributed by atoms with Crippen LogP contribution in [0.15, 0.2) is 42.5 Å². The van der Waals surface area contributed by atoms with Gasteiger partial charge in [0, 0.05) is 47.9 Å². The number of halogens is 1. The first-order chi connectivity index (χ1) is 16.3. The maximum absolute atomic E-state index is 14.1. The van der Waals surface area contributed by atoms with Gasteiger partial charge in [-0.2, -0.15) is 0 Å². The summed E-state index contributed by atoms with van der Waals surface area (Å²) >= 11 is 0. The second kappa shape index (κ2) is 10.2. The molecular formula is C26H30FN5O2. The first-order valence-electron chi connectivity index (χ1n) is 11.4. The number of piperidine rings is 1. The third kappa shape index (κ3) is 5.34. The summed E-state index contributed by atoms with van der Waals surface area (Å²) in [6.07, 6.45) is 4.92. The number of fused-ring (bicyclic) bond motifs is 1. The molecule has 1 N–H and O–H groups in total. The molecular weight excluding hydrogens is 433 g/mol. The highest BCUT2D eigenvalue weighted by atomic mass is 19.1. The minimum absolute atomic E-state index is 0.306. The van der Waals surface area contributed by atoms with E-state index in [1.165, 1.54) is 25.3 Å². The van der Waals surface area contributed by atoms with E-state index in [1.807, 2.05) is 25.1 Å². The van der Waals surface area contributed by atoms with Crippen molar-refractivity contribution in [1.82, 2.24) is 14.9 Å². The van der Waals surface area contributed by atoms with Crippen molar-refractivity contribution >= 4 is 34.5 Å². The molecule has 0 aliphatic carbocycles. The number of carbonyl (C=O) groups is 1. The van der Waals surface area contributed by atoms with Crippen molar-refractivity contribution in [1.29, 1.82) is 0 Å². The zero-order valence-corrected chi connectivity index (χ0v) is 20.0. The largest absolute Gasteiger partial charge is 0.497 e. The normalized spacial score (nSPS) is 14.8. The summed E-state index contributed by atoms with van der Waals surface area (Å²) in [6.45, 7) is 3.82. The molecule has 1 aliphatic heterocycles. The van der Waals surface area contributed by atoms with E-state index in [-0.39, 0.29) is 5.91 Å². The maximum Gasteiger partial charge on any atom is 0.248 e. The Bertz CT molecular complexity index is 1220. The van der Waals surface area contributed by atoms with Gasteiger partial charge >= 0.3 is 0 Å². The summed E-state index contributed by atoms with van der Waals surface area (Å²) < 4.78 is 19.1. The van der Waals surface area contributed by atoms with Crippen molar-refractivity contribution in [3.63, 3.8) is 0 Å². The number of rotatable bonds is 6. The zero-order valence-electron chi connectivity index (χ0n) is 20.0. The van der Waals surface area contributed by atoms with Crippen LogP contribution in [0.3, 0.4) is 0 Å². The fraction of sp³-hybridized carbons (Fsp3) is 0.346. The molecule has 0 bridgehead atoms. The molecule has 34 heavy (non-hydrogen) atoms. The summed E-state index contributed by atoms with van der Waals surface area (Å²) in [7, 11) is 5.73. The molecule has 0 saturated carbocycles. The molecule has 2 aromatic carbocycles. The summed E-state index contributed by atoms with van der Waals surface area (Å²) in [6, 6.07) is 10.7. The molecule has 8 heteroatoms. The molecule has 0 unspecified atom stereocenters. The molecule has 1 fully saturated rings. The smallest absolute Gasteiger partial charge is 0.248 e. The van der Waals surface area contributed by atoms with Crippen LogP contribution in [0, 0.1) is 12.7 Å². The highest BCUT2D eigenvalue weighted by Crippen LogP contribution is 2.25. The Morgan fingerprint density at radius 3 is 2.62 bits per heavy atom. The van der Waals surface area contributed by atoms with Crippen molar-refractivity contribution in [2.24, 2.45) is 0 Å². The molecule has 1 saturated heterocycles. The van der Waals surface area contributed by atoms with E-state index in [2.05, 4.69) is 29.2 Å². The van der Waals surface area contributed by atoms with E-state index in [0.717, 1.165) is 48.5 Å². The molecule has 3 aromatic rings. The number of nitrogens with one attached hydrogen (secondary N) is 1. The monoisotopic (exact) mass is 463 g/mol. The van der Waals surface area contributed by atoms with E-state index in [9.17, 15) is 9.18 Å². The fourth-order valence-electron chi connectivity index (χ4n) is 4.19. The Kier molecular flexibility index (Phi) is 7.07. The van der Waals surface area contributed by atoms with Gasteiger partial charge in [-0.3, -0.25) is 4.79 Å². The first kappa shape index (κ1) is 23.6. The van der Waals surface area contributed by atoms with Crippen LogP contribution in [-0.2, 0) is 4.79 Å². The van der Waals surface area contributed by atoms with E-state index >= 15 is 0 Å². The van der Waals surface area contributed by atoms with Crippen LogP contribution in [0.4, 0.5) is 16.0 Å². The highest BCUT2D eigenvalue weighted by Gasteiger charge is 2.22. The molecule has 1 aliphatic rings. The van der Waals surface area contributed by atoms with Gasteiger partial charge in [0.15, 0.2) is 0 Å². The average Bonchev–Trinajstić information content (AvgIpc) is 2.83. The molecule has 178 valence electrons. The molecule has 0 spiro atoms. The van der Waals surface area contributed by atoms with Crippen molar-refractivity contribution in [2.45, 2.75) is 25.8 Å². The van der Waals surface area contributed by atoms with Crippen LogP contribution >= 0.6 is 0 Å². The van der Waals surface area contributed by atoms with Crippen molar-refractivity contribution in [3.05, 3.63) is 59.5 Å². The lowest BCUT2D eigenvalue weighted by Crippen LogP contribution is -2.42. The molecule has 2 heterocycles. The topological polar surface area (TPSA) is 70.6 Å². The zero-order chi connectivity index (χ0) is 24.2. The third-order valence-corrected chi connectivity index (χ3v) is 6.24. The second-order valence-corrected chi connectivity index (χ2v) is 8.73. The number of methoxy groups -OCH3 is 1. The molecule has 0 atom stereocenters. The number of hydrogen-bond acceptors (Lipinski definition) is 6. The molecule has 1 aromatic heterocycles. The minimum Gasteiger partial charge on any atom is -0.497 e. The standard InChI is InChI=1S/C26H30FN5O2/c1-17-22-15-19(29-25(33)10-6-18-5-8-21(34-4)16-23(18)27)7-9-24(22)30-26(28-17)32-13-11-20(12-14-32)31(2)3/h5-10,15-16,20H,11-14H2,1-4H3,(H,29,33). The van der Waals surface area contributed by atoms with E-state index in [1.54, 1.807) is 12.1 Å². The van der Waals surface area contributed by atoms with Crippen LogP contribution in [0.25, 0.3) is 17.0 Å². The number of hydrogen-bond donors (Lipinski definition) is 1. The first-order valence-corrected chi connectivity index (χ1v) is 11.4. The number of amides is 1. The van der Waals surface area contributed by atoms with Gasteiger partial charge in [0.25, 0.3) is 0 Å². The number of ether oxygens (including phenoxy) is 1. The number of aromatic nitrogens is 2. The van der Waals surface area contributed by atoms with E-state index in [4.69, 9.17) is 14.7 Å². The van der Waals surface area contributed by atoms with Gasteiger partial charge in [-0.15, -0.1) is 0 Å². The molecule has 7 nitrogen and oxygen atoms in total. The average molecular weight is 464 g/mol. The number of benzene rings is 2. The Hall–Kier alpha value is -3.52. The number of nitrogens with zero attached hydrogens (tertiary/aromatic N) is 4. The van der Waals surface area contributed by atoms with Gasteiger partial charge in [0.05, 0.1) is 18.3 Å². The van der Waals surface area contributed by atoms with Gasteiger partial charge in [0.2, 0.25) is 11.9 Å². The van der Waals surface area contributed by atoms with E-state index < -0.39 is 5.82 Å². The van der Waals surface area contributed by atoms with E-state index in [0.29, 0.717) is 23.0 Å². The van der Waals surface area contributed by atoms with Gasteiger partial charge in [-0.1, -0.05) is 0 Å². The predicted molar refractivity (Wildman–Crippen MR) is 134 cm³/mol. The molecule has 4 rings (SSSR count). The Labute approximate surface area is 199 Å². The maximum atomic E-state index is 14.1. The lowest BCUT2D eigenvalue weighted by atomic mass is 10.0. The van der Waals surface area contributed by atoms with Gasteiger partial charge < -0.3 is 19.9 Å². The molecule has 0 radical (unpaired) electrons. The number of anilines is 2. The minimum atomic E-state index is -0.455. The Morgan fingerprint density at radius 2 is 1.94 bits per heavy atom. The van der Waals surface area contributed by atoms with Crippen molar-refractivity contribution < 1.29 is 13.9 Å². The van der Waals surface area contributed by atoms with Crippen LogP contribution in [0.5, 0.6) is 5.75 Å². The van der Waals surface area contributed by atoms with Crippen molar-refractivity contribution in [2.75, 3.05) is 44.5 Å². The summed E-state index contributed by atoms with van der Waals surface area (Å²) in [5.41, 5.74) is 2.64. The van der Waals surface area contributed by atoms with Crippen LogP contribution < -0.4 is 15.0 Å². The summed E-state index contributed by atoms with van der Waals surface area (Å²) in [5.74, 6) is 0.370. The SMILES string of the molecule is COc1ccc(C=CC(=O)Nc2ccc3nc(N4CCC(N(C)C)CC4)nc(C)c3c2)c(F)c1. The Balaban J connectivity index is 1.46. The van der Waals surface area contributed by atoms with Gasteiger partial charge in [0.1, 0.15) is 11.6 Å². The number of carbonyl (C=O) groups excluding carboxylic acids is 1. The molecule has 1 amide bonds.